The molecule has 106 valence electrons. The second-order valence-corrected chi connectivity index (χ2v) is 6.98. The molecule has 1 saturated carbocycles. The lowest BCUT2D eigenvalue weighted by atomic mass is 9.73. The highest BCUT2D eigenvalue weighted by Crippen LogP contribution is 2.36. The van der Waals surface area contributed by atoms with Crippen LogP contribution in [0.25, 0.3) is 0 Å². The topological polar surface area (TPSA) is 26.7 Å². The Kier molecular flexibility index (Phi) is 4.68. The van der Waals surface area contributed by atoms with E-state index >= 15 is 0 Å². The van der Waals surface area contributed by atoms with E-state index in [-0.39, 0.29) is 6.10 Å². The van der Waals surface area contributed by atoms with E-state index in [9.17, 15) is 5.11 Å². The van der Waals surface area contributed by atoms with Crippen LogP contribution in [0.1, 0.15) is 33.1 Å². The van der Waals surface area contributed by atoms with Crippen LogP contribution in [0, 0.1) is 17.8 Å². The fourth-order valence-corrected chi connectivity index (χ4v) is 4.02. The lowest BCUT2D eigenvalue weighted by molar-refractivity contribution is -0.0348. The summed E-state index contributed by atoms with van der Waals surface area (Å²) in [5.41, 5.74) is 0. The molecule has 4 unspecified atom stereocenters. The molecule has 4 atom stereocenters. The van der Waals surface area contributed by atoms with Crippen molar-refractivity contribution >= 4 is 0 Å². The third-order valence-electron chi connectivity index (χ3n) is 4.99. The zero-order valence-corrected chi connectivity index (χ0v) is 12.5. The van der Waals surface area contributed by atoms with E-state index in [1.807, 2.05) is 0 Å². The Morgan fingerprint density at radius 2 is 1.61 bits per heavy atom. The molecule has 0 amide bonds. The third kappa shape index (κ3) is 3.25. The SMILES string of the molecule is CC1CC(C)CC(C(O)C2CN(C)CCN2C)C1. The van der Waals surface area contributed by atoms with E-state index in [1.54, 1.807) is 0 Å². The number of rotatable bonds is 2. The zero-order valence-electron chi connectivity index (χ0n) is 12.5. The largest absolute Gasteiger partial charge is 0.391 e. The first-order valence-corrected chi connectivity index (χ1v) is 7.54. The summed E-state index contributed by atoms with van der Waals surface area (Å²) in [6.07, 6.45) is 3.60. The number of aliphatic hydroxyl groups is 1. The van der Waals surface area contributed by atoms with Crippen LogP contribution >= 0.6 is 0 Å². The summed E-state index contributed by atoms with van der Waals surface area (Å²) in [5.74, 6) is 2.06. The molecule has 2 rings (SSSR count). The molecule has 2 aliphatic rings. The lowest BCUT2D eigenvalue weighted by Crippen LogP contribution is -2.57. The van der Waals surface area contributed by atoms with Gasteiger partial charge in [0.25, 0.3) is 0 Å². The predicted octanol–water partition coefficient (Wildman–Crippen LogP) is 1.67. The van der Waals surface area contributed by atoms with Crippen molar-refractivity contribution in [3.63, 3.8) is 0 Å². The average Bonchev–Trinajstić information content (AvgIpc) is 2.30. The van der Waals surface area contributed by atoms with Crippen molar-refractivity contribution in [1.29, 1.82) is 0 Å². The van der Waals surface area contributed by atoms with Crippen LogP contribution in [0.5, 0.6) is 0 Å². The van der Waals surface area contributed by atoms with Gasteiger partial charge < -0.3 is 10.0 Å². The summed E-state index contributed by atoms with van der Waals surface area (Å²) < 4.78 is 0. The Morgan fingerprint density at radius 3 is 2.22 bits per heavy atom. The van der Waals surface area contributed by atoms with Gasteiger partial charge in [-0.1, -0.05) is 13.8 Å². The van der Waals surface area contributed by atoms with Gasteiger partial charge in [-0.25, -0.2) is 0 Å². The molecule has 18 heavy (non-hydrogen) atoms. The summed E-state index contributed by atoms with van der Waals surface area (Å²) in [5, 5.41) is 10.8. The van der Waals surface area contributed by atoms with Crippen LogP contribution in [0.15, 0.2) is 0 Å². The number of piperazine rings is 1. The molecule has 2 fully saturated rings. The maximum absolute atomic E-state index is 10.8. The Balaban J connectivity index is 1.98. The first kappa shape index (κ1) is 14.3. The third-order valence-corrected chi connectivity index (χ3v) is 4.99. The molecule has 0 aromatic rings. The molecule has 0 radical (unpaired) electrons. The molecule has 3 heteroatoms. The van der Waals surface area contributed by atoms with Crippen LogP contribution in [-0.2, 0) is 0 Å². The van der Waals surface area contributed by atoms with E-state index in [2.05, 4.69) is 37.7 Å². The van der Waals surface area contributed by atoms with E-state index in [0.29, 0.717) is 12.0 Å². The van der Waals surface area contributed by atoms with Gasteiger partial charge >= 0.3 is 0 Å². The van der Waals surface area contributed by atoms with Crippen molar-refractivity contribution in [3.8, 4) is 0 Å². The van der Waals surface area contributed by atoms with Gasteiger partial charge in [-0.2, -0.15) is 0 Å². The Labute approximate surface area is 112 Å². The quantitative estimate of drug-likeness (QED) is 0.812. The average molecular weight is 254 g/mol. The number of likely N-dealkylation sites (N-methyl/N-ethyl adjacent to an activating group) is 2. The molecule has 1 aliphatic carbocycles. The second kappa shape index (κ2) is 5.89. The molecular formula is C15H30N2O. The van der Waals surface area contributed by atoms with Crippen molar-refractivity contribution in [1.82, 2.24) is 9.80 Å². The Hall–Kier alpha value is -0.120. The van der Waals surface area contributed by atoms with Crippen molar-refractivity contribution in [2.75, 3.05) is 33.7 Å². The van der Waals surface area contributed by atoms with Gasteiger partial charge in [-0.3, -0.25) is 4.90 Å². The van der Waals surface area contributed by atoms with Crippen LogP contribution in [0.3, 0.4) is 0 Å². The number of nitrogens with zero attached hydrogens (tertiary/aromatic N) is 2. The second-order valence-electron chi connectivity index (χ2n) is 6.98. The van der Waals surface area contributed by atoms with E-state index < -0.39 is 0 Å². The number of aliphatic hydroxyl groups excluding tert-OH is 1. The summed E-state index contributed by atoms with van der Waals surface area (Å²) in [6.45, 7) is 7.89. The predicted molar refractivity (Wildman–Crippen MR) is 75.6 cm³/mol. The molecule has 1 aliphatic heterocycles. The van der Waals surface area contributed by atoms with E-state index in [1.165, 1.54) is 19.3 Å². The standard InChI is InChI=1S/C15H30N2O/c1-11-7-12(2)9-13(8-11)15(18)14-10-16(3)5-6-17(14)4/h11-15,18H,5-10H2,1-4H3. The first-order chi connectivity index (χ1) is 8.47. The maximum atomic E-state index is 10.8. The molecule has 1 saturated heterocycles. The number of hydrogen-bond donors (Lipinski definition) is 1. The lowest BCUT2D eigenvalue weighted by Gasteiger charge is -2.44. The highest BCUT2D eigenvalue weighted by Gasteiger charge is 2.36. The molecule has 0 bridgehead atoms. The van der Waals surface area contributed by atoms with Crippen molar-refractivity contribution in [2.24, 2.45) is 17.8 Å². The fourth-order valence-electron chi connectivity index (χ4n) is 4.02. The first-order valence-electron chi connectivity index (χ1n) is 7.54. The van der Waals surface area contributed by atoms with Gasteiger partial charge in [-0.15, -0.1) is 0 Å². The summed E-state index contributed by atoms with van der Waals surface area (Å²) >= 11 is 0. The minimum atomic E-state index is -0.150. The van der Waals surface area contributed by atoms with Gasteiger partial charge in [0.15, 0.2) is 0 Å². The van der Waals surface area contributed by atoms with E-state index in [0.717, 1.165) is 31.5 Å². The highest BCUT2D eigenvalue weighted by atomic mass is 16.3. The van der Waals surface area contributed by atoms with Gasteiger partial charge in [0.05, 0.1) is 6.10 Å². The normalized spacial score (nSPS) is 41.8. The smallest absolute Gasteiger partial charge is 0.0736 e. The van der Waals surface area contributed by atoms with Crippen molar-refractivity contribution < 1.29 is 5.11 Å². The van der Waals surface area contributed by atoms with Crippen LogP contribution in [0.4, 0.5) is 0 Å². The Bertz CT molecular complexity index is 261. The Morgan fingerprint density at radius 1 is 1.00 bits per heavy atom. The molecule has 3 nitrogen and oxygen atoms in total. The van der Waals surface area contributed by atoms with Crippen molar-refractivity contribution in [3.05, 3.63) is 0 Å². The van der Waals surface area contributed by atoms with Crippen LogP contribution < -0.4 is 0 Å². The summed E-state index contributed by atoms with van der Waals surface area (Å²) in [4.78, 5) is 4.71. The van der Waals surface area contributed by atoms with E-state index in [4.69, 9.17) is 0 Å². The summed E-state index contributed by atoms with van der Waals surface area (Å²) in [7, 11) is 4.33. The molecule has 0 spiro atoms. The number of hydrogen-bond acceptors (Lipinski definition) is 3. The molecule has 1 heterocycles. The zero-order chi connectivity index (χ0) is 13.3. The van der Waals surface area contributed by atoms with Crippen LogP contribution in [-0.4, -0.2) is 60.8 Å². The van der Waals surface area contributed by atoms with Gasteiger partial charge in [-0.05, 0) is 51.1 Å². The minimum Gasteiger partial charge on any atom is -0.391 e. The van der Waals surface area contributed by atoms with Gasteiger partial charge in [0.1, 0.15) is 0 Å². The van der Waals surface area contributed by atoms with Crippen LogP contribution in [0.2, 0.25) is 0 Å². The fraction of sp³-hybridized carbons (Fsp3) is 1.00. The molecule has 1 N–H and O–H groups in total. The minimum absolute atomic E-state index is 0.150. The monoisotopic (exact) mass is 254 g/mol. The summed E-state index contributed by atoms with van der Waals surface area (Å²) in [6, 6.07) is 0.325. The van der Waals surface area contributed by atoms with Crippen molar-refractivity contribution in [2.45, 2.75) is 45.3 Å². The van der Waals surface area contributed by atoms with Gasteiger partial charge in [0, 0.05) is 25.7 Å². The molecular weight excluding hydrogens is 224 g/mol. The maximum Gasteiger partial charge on any atom is 0.0736 e. The van der Waals surface area contributed by atoms with Gasteiger partial charge in [0.2, 0.25) is 0 Å². The molecule has 0 aromatic heterocycles. The highest BCUT2D eigenvalue weighted by molar-refractivity contribution is 4.90. The molecule has 0 aromatic carbocycles.